The molecular weight excluding hydrogens is 218 g/mol. The summed E-state index contributed by atoms with van der Waals surface area (Å²) in [4.78, 5) is 1.28. The quantitative estimate of drug-likeness (QED) is 0.825. The smallest absolute Gasteiger partial charge is 0.117 e. The van der Waals surface area contributed by atoms with Crippen molar-refractivity contribution in [3.05, 3.63) is 53.5 Å². The minimum Gasteiger partial charge on any atom is -0.464 e. The van der Waals surface area contributed by atoms with E-state index in [1.807, 2.05) is 12.1 Å². The fourth-order valence-electron chi connectivity index (χ4n) is 1.57. The van der Waals surface area contributed by atoms with Crippen LogP contribution in [0.15, 0.2) is 45.7 Å². The van der Waals surface area contributed by atoms with E-state index in [1.165, 1.54) is 10.5 Å². The van der Waals surface area contributed by atoms with Gasteiger partial charge in [0.1, 0.15) is 11.5 Å². The number of hydrogen-bond acceptors (Lipinski definition) is 3. The molecule has 1 aromatic carbocycles. The van der Waals surface area contributed by atoms with Gasteiger partial charge in [-0.1, -0.05) is 12.1 Å². The van der Waals surface area contributed by atoms with Crippen LogP contribution in [0.5, 0.6) is 0 Å². The Hall–Kier alpha value is -1.19. The highest BCUT2D eigenvalue weighted by molar-refractivity contribution is 7.98. The van der Waals surface area contributed by atoms with E-state index in [-0.39, 0.29) is 0 Å². The third-order valence-electron chi connectivity index (χ3n) is 2.46. The van der Waals surface area contributed by atoms with Crippen LogP contribution < -0.4 is 5.73 Å². The number of benzene rings is 1. The molecule has 2 aromatic rings. The number of hydrogen-bond donors (Lipinski definition) is 1. The molecule has 0 bridgehead atoms. The van der Waals surface area contributed by atoms with Crippen LogP contribution in [0.4, 0.5) is 0 Å². The molecule has 84 valence electrons. The molecular formula is C13H15NOS. The monoisotopic (exact) mass is 233 g/mol. The predicted molar refractivity (Wildman–Crippen MR) is 67.6 cm³/mol. The Morgan fingerprint density at radius 1 is 1.06 bits per heavy atom. The van der Waals surface area contributed by atoms with Gasteiger partial charge in [-0.3, -0.25) is 0 Å². The maximum absolute atomic E-state index is 5.56. The van der Waals surface area contributed by atoms with Gasteiger partial charge in [-0.2, -0.15) is 0 Å². The Balaban J connectivity index is 2.08. The van der Waals surface area contributed by atoms with Gasteiger partial charge in [-0.05, 0) is 36.1 Å². The molecule has 0 aliphatic heterocycles. The molecule has 0 saturated carbocycles. The second kappa shape index (κ2) is 5.23. The molecule has 0 amide bonds. The lowest BCUT2D eigenvalue weighted by Crippen LogP contribution is -1.93. The molecule has 0 unspecified atom stereocenters. The van der Waals surface area contributed by atoms with Crippen LogP contribution >= 0.6 is 11.8 Å². The molecule has 0 aliphatic carbocycles. The standard InChI is InChI=1S/C13H15NOS/c1-16-13-6-2-10(3-7-13)8-11-4-5-12(9-14)15-11/h2-7H,8-9,14H2,1H3. The van der Waals surface area contributed by atoms with Crippen molar-refractivity contribution < 1.29 is 4.42 Å². The maximum atomic E-state index is 5.56. The molecule has 0 radical (unpaired) electrons. The molecule has 2 N–H and O–H groups in total. The third kappa shape index (κ3) is 2.68. The molecule has 1 aromatic heterocycles. The van der Waals surface area contributed by atoms with Gasteiger partial charge in [0.15, 0.2) is 0 Å². The first-order valence-electron chi connectivity index (χ1n) is 5.22. The number of rotatable bonds is 4. The van der Waals surface area contributed by atoms with Gasteiger partial charge in [-0.15, -0.1) is 11.8 Å². The normalized spacial score (nSPS) is 10.6. The molecule has 2 rings (SSSR count). The zero-order valence-corrected chi connectivity index (χ0v) is 10.1. The second-order valence-corrected chi connectivity index (χ2v) is 4.48. The van der Waals surface area contributed by atoms with E-state index in [2.05, 4.69) is 30.5 Å². The largest absolute Gasteiger partial charge is 0.464 e. The van der Waals surface area contributed by atoms with Crippen molar-refractivity contribution >= 4 is 11.8 Å². The van der Waals surface area contributed by atoms with E-state index in [0.717, 1.165) is 17.9 Å². The van der Waals surface area contributed by atoms with Gasteiger partial charge < -0.3 is 10.2 Å². The van der Waals surface area contributed by atoms with Gasteiger partial charge in [0, 0.05) is 11.3 Å². The molecule has 0 aliphatic rings. The van der Waals surface area contributed by atoms with Crippen LogP contribution in [0.2, 0.25) is 0 Å². The summed E-state index contributed by atoms with van der Waals surface area (Å²) in [6.45, 7) is 0.464. The number of furan rings is 1. The molecule has 16 heavy (non-hydrogen) atoms. The van der Waals surface area contributed by atoms with Gasteiger partial charge in [0.05, 0.1) is 6.54 Å². The van der Waals surface area contributed by atoms with Crippen molar-refractivity contribution in [2.45, 2.75) is 17.9 Å². The topological polar surface area (TPSA) is 39.2 Å². The van der Waals surface area contributed by atoms with Crippen molar-refractivity contribution in [2.75, 3.05) is 6.26 Å². The SMILES string of the molecule is CSc1ccc(Cc2ccc(CN)o2)cc1. The maximum Gasteiger partial charge on any atom is 0.117 e. The van der Waals surface area contributed by atoms with E-state index in [4.69, 9.17) is 10.2 Å². The Bertz CT molecular complexity index is 447. The Kier molecular flexibility index (Phi) is 3.70. The highest BCUT2D eigenvalue weighted by atomic mass is 32.2. The van der Waals surface area contributed by atoms with Crippen LogP contribution in [0.25, 0.3) is 0 Å². The lowest BCUT2D eigenvalue weighted by Gasteiger charge is -2.00. The summed E-state index contributed by atoms with van der Waals surface area (Å²) >= 11 is 1.75. The Morgan fingerprint density at radius 2 is 1.75 bits per heavy atom. The molecule has 0 spiro atoms. The average Bonchev–Trinajstić information content (AvgIpc) is 2.78. The van der Waals surface area contributed by atoms with Gasteiger partial charge in [0.2, 0.25) is 0 Å². The summed E-state index contributed by atoms with van der Waals surface area (Å²) in [6, 6.07) is 12.5. The van der Waals surface area contributed by atoms with Crippen molar-refractivity contribution in [1.82, 2.24) is 0 Å². The van der Waals surface area contributed by atoms with Crippen LogP contribution in [0, 0.1) is 0 Å². The van der Waals surface area contributed by atoms with Crippen LogP contribution in [0.1, 0.15) is 17.1 Å². The Labute approximate surface area is 99.8 Å². The van der Waals surface area contributed by atoms with Crippen molar-refractivity contribution in [1.29, 1.82) is 0 Å². The van der Waals surface area contributed by atoms with E-state index < -0.39 is 0 Å². The van der Waals surface area contributed by atoms with Crippen LogP contribution in [0.3, 0.4) is 0 Å². The number of thioether (sulfide) groups is 1. The highest BCUT2D eigenvalue weighted by Gasteiger charge is 2.02. The summed E-state index contributed by atoms with van der Waals surface area (Å²) in [5.41, 5.74) is 6.76. The first kappa shape index (κ1) is 11.3. The molecule has 0 saturated heterocycles. The lowest BCUT2D eigenvalue weighted by molar-refractivity contribution is 0.475. The third-order valence-corrected chi connectivity index (χ3v) is 3.20. The molecule has 0 fully saturated rings. The van der Waals surface area contributed by atoms with E-state index in [1.54, 1.807) is 11.8 Å². The highest BCUT2D eigenvalue weighted by Crippen LogP contribution is 2.17. The summed E-state index contributed by atoms with van der Waals surface area (Å²) in [5, 5.41) is 0. The van der Waals surface area contributed by atoms with Crippen molar-refractivity contribution in [3.8, 4) is 0 Å². The predicted octanol–water partition coefficient (Wildman–Crippen LogP) is 3.05. The van der Waals surface area contributed by atoms with Crippen molar-refractivity contribution in [3.63, 3.8) is 0 Å². The average molecular weight is 233 g/mol. The molecule has 3 heteroatoms. The summed E-state index contributed by atoms with van der Waals surface area (Å²) in [5.74, 6) is 1.81. The fraction of sp³-hybridized carbons (Fsp3) is 0.231. The van der Waals surface area contributed by atoms with E-state index >= 15 is 0 Å². The van der Waals surface area contributed by atoms with E-state index in [9.17, 15) is 0 Å². The zero-order chi connectivity index (χ0) is 11.4. The zero-order valence-electron chi connectivity index (χ0n) is 9.27. The number of nitrogens with two attached hydrogens (primary N) is 1. The summed E-state index contributed by atoms with van der Waals surface area (Å²) in [7, 11) is 0. The first-order chi connectivity index (χ1) is 7.81. The minimum absolute atomic E-state index is 0.464. The van der Waals surface area contributed by atoms with E-state index in [0.29, 0.717) is 6.54 Å². The Morgan fingerprint density at radius 3 is 2.31 bits per heavy atom. The van der Waals surface area contributed by atoms with Gasteiger partial charge in [-0.25, -0.2) is 0 Å². The summed E-state index contributed by atoms with van der Waals surface area (Å²) < 4.78 is 5.56. The minimum atomic E-state index is 0.464. The molecule has 0 atom stereocenters. The first-order valence-corrected chi connectivity index (χ1v) is 6.45. The summed E-state index contributed by atoms with van der Waals surface area (Å²) in [6.07, 6.45) is 2.91. The second-order valence-electron chi connectivity index (χ2n) is 3.60. The van der Waals surface area contributed by atoms with Gasteiger partial charge >= 0.3 is 0 Å². The fourth-order valence-corrected chi connectivity index (χ4v) is 1.98. The van der Waals surface area contributed by atoms with Crippen molar-refractivity contribution in [2.24, 2.45) is 5.73 Å². The molecule has 1 heterocycles. The van der Waals surface area contributed by atoms with Crippen LogP contribution in [-0.4, -0.2) is 6.26 Å². The molecule has 2 nitrogen and oxygen atoms in total. The van der Waals surface area contributed by atoms with Crippen LogP contribution in [-0.2, 0) is 13.0 Å². The lowest BCUT2D eigenvalue weighted by atomic mass is 10.1. The van der Waals surface area contributed by atoms with Gasteiger partial charge in [0.25, 0.3) is 0 Å².